The van der Waals surface area contributed by atoms with Crippen LogP contribution in [0.15, 0.2) is 24.3 Å². The SMILES string of the molecule is CCC1(C(=O)O)CCCN1C(=O)C1CNc2ccccc21. The van der Waals surface area contributed by atoms with Crippen molar-refractivity contribution >= 4 is 17.6 Å². The largest absolute Gasteiger partial charge is 0.479 e. The van der Waals surface area contributed by atoms with Crippen LogP contribution in [0.5, 0.6) is 0 Å². The Balaban J connectivity index is 1.91. The second-order valence-electron chi connectivity index (χ2n) is 5.80. The van der Waals surface area contributed by atoms with Gasteiger partial charge < -0.3 is 15.3 Å². The average Bonchev–Trinajstić information content (AvgIpc) is 3.11. The maximum Gasteiger partial charge on any atom is 0.329 e. The molecule has 5 heteroatoms. The number of carbonyl (C=O) groups excluding carboxylic acids is 1. The van der Waals surface area contributed by atoms with Gasteiger partial charge in [-0.25, -0.2) is 4.79 Å². The fourth-order valence-corrected chi connectivity index (χ4v) is 3.63. The maximum atomic E-state index is 12.9. The first-order chi connectivity index (χ1) is 10.1. The van der Waals surface area contributed by atoms with E-state index in [1.807, 2.05) is 31.2 Å². The summed E-state index contributed by atoms with van der Waals surface area (Å²) in [4.78, 5) is 26.2. The minimum absolute atomic E-state index is 0.0609. The molecule has 2 aliphatic heterocycles. The molecule has 1 aromatic rings. The van der Waals surface area contributed by atoms with E-state index >= 15 is 0 Å². The third-order valence-electron chi connectivity index (χ3n) is 4.87. The third-order valence-corrected chi connectivity index (χ3v) is 4.87. The third kappa shape index (κ3) is 1.99. The molecule has 1 fully saturated rings. The maximum absolute atomic E-state index is 12.9. The van der Waals surface area contributed by atoms with Gasteiger partial charge in [-0.2, -0.15) is 0 Å². The molecule has 0 bridgehead atoms. The molecular formula is C16H20N2O3. The highest BCUT2D eigenvalue weighted by molar-refractivity contribution is 5.93. The predicted octanol–water partition coefficient (Wildman–Crippen LogP) is 2.05. The number of nitrogens with one attached hydrogen (secondary N) is 1. The topological polar surface area (TPSA) is 69.6 Å². The van der Waals surface area contributed by atoms with Crippen molar-refractivity contribution in [2.24, 2.45) is 0 Å². The van der Waals surface area contributed by atoms with E-state index in [0.717, 1.165) is 17.7 Å². The van der Waals surface area contributed by atoms with Crippen LogP contribution in [0.25, 0.3) is 0 Å². The summed E-state index contributed by atoms with van der Waals surface area (Å²) in [7, 11) is 0. The fourth-order valence-electron chi connectivity index (χ4n) is 3.63. The highest BCUT2D eigenvalue weighted by Crippen LogP contribution is 2.38. The lowest BCUT2D eigenvalue weighted by Gasteiger charge is -2.35. The van der Waals surface area contributed by atoms with E-state index in [4.69, 9.17) is 0 Å². The number of rotatable bonds is 3. The summed E-state index contributed by atoms with van der Waals surface area (Å²) in [5.74, 6) is -1.21. The lowest BCUT2D eigenvalue weighted by Crippen LogP contribution is -2.54. The van der Waals surface area contributed by atoms with Gasteiger partial charge in [-0.15, -0.1) is 0 Å². The lowest BCUT2D eigenvalue weighted by atomic mass is 9.91. The van der Waals surface area contributed by atoms with Crippen LogP contribution in [-0.2, 0) is 9.59 Å². The summed E-state index contributed by atoms with van der Waals surface area (Å²) >= 11 is 0. The van der Waals surface area contributed by atoms with Crippen molar-refractivity contribution in [2.75, 3.05) is 18.4 Å². The average molecular weight is 288 g/mol. The number of likely N-dealkylation sites (tertiary alicyclic amines) is 1. The highest BCUT2D eigenvalue weighted by Gasteiger charge is 2.50. The van der Waals surface area contributed by atoms with Gasteiger partial charge in [0.1, 0.15) is 5.54 Å². The van der Waals surface area contributed by atoms with Gasteiger partial charge in [0.25, 0.3) is 0 Å². The summed E-state index contributed by atoms with van der Waals surface area (Å²) in [5.41, 5.74) is 0.937. The molecule has 0 aromatic heterocycles. The highest BCUT2D eigenvalue weighted by atomic mass is 16.4. The molecule has 112 valence electrons. The molecule has 2 N–H and O–H groups in total. The number of carbonyl (C=O) groups is 2. The standard InChI is InChI=1S/C16H20N2O3/c1-2-16(15(20)21)8-5-9-18(16)14(19)12-10-17-13-7-4-3-6-11(12)13/h3-4,6-7,12,17H,2,5,8-10H2,1H3,(H,20,21). The van der Waals surface area contributed by atoms with Crippen LogP contribution in [0.4, 0.5) is 5.69 Å². The number of fused-ring (bicyclic) bond motifs is 1. The first-order valence-corrected chi connectivity index (χ1v) is 7.48. The van der Waals surface area contributed by atoms with Crippen LogP contribution < -0.4 is 5.32 Å². The van der Waals surface area contributed by atoms with Crippen molar-refractivity contribution in [1.29, 1.82) is 0 Å². The number of aliphatic carboxylic acids is 1. The minimum atomic E-state index is -1.02. The van der Waals surface area contributed by atoms with Gasteiger partial charge in [-0.1, -0.05) is 25.1 Å². The summed E-state index contributed by atoms with van der Waals surface area (Å²) in [5, 5.41) is 12.8. The van der Waals surface area contributed by atoms with Crippen molar-refractivity contribution in [2.45, 2.75) is 37.6 Å². The Hall–Kier alpha value is -2.04. The van der Waals surface area contributed by atoms with Crippen LogP contribution in [-0.4, -0.2) is 40.5 Å². The van der Waals surface area contributed by atoms with Crippen LogP contribution in [0.3, 0.4) is 0 Å². The Morgan fingerprint density at radius 3 is 2.90 bits per heavy atom. The summed E-state index contributed by atoms with van der Waals surface area (Å²) in [6.45, 7) is 2.94. The second-order valence-corrected chi connectivity index (χ2v) is 5.80. The molecular weight excluding hydrogens is 268 g/mol. The fraction of sp³-hybridized carbons (Fsp3) is 0.500. The summed E-state index contributed by atoms with van der Waals surface area (Å²) in [6, 6.07) is 7.75. The number of nitrogens with zero attached hydrogens (tertiary/aromatic N) is 1. The van der Waals surface area contributed by atoms with Gasteiger partial charge in [0.2, 0.25) is 5.91 Å². The van der Waals surface area contributed by atoms with Crippen molar-refractivity contribution in [1.82, 2.24) is 4.90 Å². The van der Waals surface area contributed by atoms with E-state index in [2.05, 4.69) is 5.32 Å². The number of anilines is 1. The van der Waals surface area contributed by atoms with Crippen LogP contribution in [0.2, 0.25) is 0 Å². The molecule has 1 amide bonds. The van der Waals surface area contributed by atoms with E-state index in [0.29, 0.717) is 25.9 Å². The van der Waals surface area contributed by atoms with Crippen LogP contribution in [0.1, 0.15) is 37.7 Å². The molecule has 2 aliphatic rings. The van der Waals surface area contributed by atoms with E-state index in [1.54, 1.807) is 4.90 Å². The Labute approximate surface area is 123 Å². The van der Waals surface area contributed by atoms with Gasteiger partial charge in [-0.3, -0.25) is 4.79 Å². The van der Waals surface area contributed by atoms with Gasteiger partial charge in [0.05, 0.1) is 5.92 Å². The Morgan fingerprint density at radius 1 is 1.43 bits per heavy atom. The molecule has 1 aromatic carbocycles. The first kappa shape index (κ1) is 13.9. The zero-order valence-corrected chi connectivity index (χ0v) is 12.1. The molecule has 2 unspecified atom stereocenters. The van der Waals surface area contributed by atoms with Gasteiger partial charge in [0.15, 0.2) is 0 Å². The zero-order valence-electron chi connectivity index (χ0n) is 12.1. The van der Waals surface area contributed by atoms with Crippen molar-refractivity contribution in [3.8, 4) is 0 Å². The van der Waals surface area contributed by atoms with E-state index in [9.17, 15) is 14.7 Å². The summed E-state index contributed by atoms with van der Waals surface area (Å²) in [6.07, 6.45) is 1.76. The molecule has 0 spiro atoms. The van der Waals surface area contributed by atoms with Crippen LogP contribution in [0, 0.1) is 0 Å². The first-order valence-electron chi connectivity index (χ1n) is 7.48. The van der Waals surface area contributed by atoms with Crippen molar-refractivity contribution in [3.63, 3.8) is 0 Å². The van der Waals surface area contributed by atoms with E-state index < -0.39 is 11.5 Å². The smallest absolute Gasteiger partial charge is 0.329 e. The normalized spacial score (nSPS) is 27.3. The molecule has 1 saturated heterocycles. The van der Waals surface area contributed by atoms with Crippen molar-refractivity contribution < 1.29 is 14.7 Å². The molecule has 0 saturated carbocycles. The number of amides is 1. The Morgan fingerprint density at radius 2 is 2.19 bits per heavy atom. The predicted molar refractivity (Wildman–Crippen MR) is 79.3 cm³/mol. The Bertz CT molecular complexity index is 587. The quantitative estimate of drug-likeness (QED) is 0.893. The van der Waals surface area contributed by atoms with Gasteiger partial charge in [0, 0.05) is 18.8 Å². The molecule has 5 nitrogen and oxygen atoms in total. The molecule has 2 heterocycles. The zero-order chi connectivity index (χ0) is 15.0. The number of para-hydroxylation sites is 1. The van der Waals surface area contributed by atoms with E-state index in [1.165, 1.54) is 0 Å². The molecule has 2 atom stereocenters. The van der Waals surface area contributed by atoms with Gasteiger partial charge in [-0.05, 0) is 30.9 Å². The van der Waals surface area contributed by atoms with Crippen molar-refractivity contribution in [3.05, 3.63) is 29.8 Å². The molecule has 0 radical (unpaired) electrons. The van der Waals surface area contributed by atoms with Crippen LogP contribution >= 0.6 is 0 Å². The Kier molecular flexibility index (Phi) is 3.35. The molecule has 3 rings (SSSR count). The molecule has 0 aliphatic carbocycles. The number of hydrogen-bond donors (Lipinski definition) is 2. The number of benzene rings is 1. The number of carboxylic acid groups (broad SMARTS) is 1. The second kappa shape index (κ2) is 5.06. The number of hydrogen-bond acceptors (Lipinski definition) is 3. The van der Waals surface area contributed by atoms with E-state index in [-0.39, 0.29) is 11.8 Å². The summed E-state index contributed by atoms with van der Waals surface area (Å²) < 4.78 is 0. The van der Waals surface area contributed by atoms with Gasteiger partial charge >= 0.3 is 5.97 Å². The number of carboxylic acids is 1. The lowest BCUT2D eigenvalue weighted by molar-refractivity contribution is -0.157. The monoisotopic (exact) mass is 288 g/mol. The molecule has 21 heavy (non-hydrogen) atoms. The minimum Gasteiger partial charge on any atom is -0.479 e.